The maximum Gasteiger partial charge on any atom is 0.417 e. The largest absolute Gasteiger partial charge is 0.417 e. The molecule has 100 valence electrons. The van der Waals surface area contributed by atoms with E-state index in [-0.39, 0.29) is 5.69 Å². The van der Waals surface area contributed by atoms with E-state index in [1.165, 1.54) is 6.07 Å². The topological polar surface area (TPSA) is 55.1 Å². The van der Waals surface area contributed by atoms with Crippen LogP contribution in [0.25, 0.3) is 0 Å². The molecule has 0 bridgehead atoms. The van der Waals surface area contributed by atoms with E-state index in [4.69, 9.17) is 17.3 Å². The van der Waals surface area contributed by atoms with Crippen LogP contribution in [0.2, 0.25) is 5.02 Å². The van der Waals surface area contributed by atoms with E-state index < -0.39 is 28.7 Å². The fourth-order valence-electron chi connectivity index (χ4n) is 1.24. The van der Waals surface area contributed by atoms with Crippen LogP contribution >= 0.6 is 11.6 Å². The number of rotatable bonds is 3. The normalized spacial score (nSPS) is 13.2. The van der Waals surface area contributed by atoms with Crippen LogP contribution in [0.3, 0.4) is 0 Å². The van der Waals surface area contributed by atoms with Crippen molar-refractivity contribution >= 4 is 23.2 Å². The first-order chi connectivity index (χ1) is 8.25. The van der Waals surface area contributed by atoms with Crippen LogP contribution in [0.15, 0.2) is 18.2 Å². The van der Waals surface area contributed by atoms with Crippen LogP contribution in [0.4, 0.5) is 18.9 Å². The van der Waals surface area contributed by atoms with Gasteiger partial charge in [-0.05, 0) is 24.6 Å². The Bertz CT molecular complexity index is 448. The summed E-state index contributed by atoms with van der Waals surface area (Å²) in [5, 5.41) is 1.89. The molecule has 0 aromatic heterocycles. The molecule has 3 nitrogen and oxygen atoms in total. The fraction of sp³-hybridized carbons (Fsp3) is 0.364. The van der Waals surface area contributed by atoms with E-state index in [2.05, 4.69) is 5.32 Å². The Morgan fingerprint density at radius 3 is 2.61 bits per heavy atom. The summed E-state index contributed by atoms with van der Waals surface area (Å²) in [5.41, 5.74) is 4.48. The highest BCUT2D eigenvalue weighted by molar-refractivity contribution is 6.31. The first-order valence-corrected chi connectivity index (χ1v) is 5.56. The van der Waals surface area contributed by atoms with Gasteiger partial charge in [0.05, 0.1) is 16.6 Å². The van der Waals surface area contributed by atoms with Crippen LogP contribution in [-0.2, 0) is 11.0 Å². The van der Waals surface area contributed by atoms with Crippen molar-refractivity contribution in [2.75, 3.05) is 5.32 Å². The van der Waals surface area contributed by atoms with Gasteiger partial charge in [0.15, 0.2) is 0 Å². The van der Waals surface area contributed by atoms with Crippen molar-refractivity contribution in [1.82, 2.24) is 0 Å². The van der Waals surface area contributed by atoms with Gasteiger partial charge < -0.3 is 11.1 Å². The molecule has 0 fully saturated rings. The number of benzene rings is 1. The highest BCUT2D eigenvalue weighted by Gasteiger charge is 2.33. The molecule has 0 saturated heterocycles. The van der Waals surface area contributed by atoms with Gasteiger partial charge in [-0.1, -0.05) is 18.5 Å². The number of anilines is 1. The minimum Gasteiger partial charge on any atom is -0.325 e. The summed E-state index contributed by atoms with van der Waals surface area (Å²) in [5.74, 6) is -0.534. The summed E-state index contributed by atoms with van der Waals surface area (Å²) < 4.78 is 37.7. The number of hydrogen-bond acceptors (Lipinski definition) is 2. The predicted octanol–water partition coefficient (Wildman–Crippen LogP) is 3.03. The molecule has 1 atom stereocenters. The molecule has 1 aromatic rings. The third kappa shape index (κ3) is 3.61. The average Bonchev–Trinajstić information content (AvgIpc) is 2.29. The quantitative estimate of drug-likeness (QED) is 0.894. The Labute approximate surface area is 107 Å². The van der Waals surface area contributed by atoms with Crippen molar-refractivity contribution in [3.63, 3.8) is 0 Å². The molecule has 0 radical (unpaired) electrons. The van der Waals surface area contributed by atoms with Gasteiger partial charge >= 0.3 is 6.18 Å². The zero-order valence-electron chi connectivity index (χ0n) is 9.51. The van der Waals surface area contributed by atoms with Gasteiger partial charge in [-0.2, -0.15) is 13.2 Å². The van der Waals surface area contributed by atoms with E-state index >= 15 is 0 Å². The smallest absolute Gasteiger partial charge is 0.325 e. The van der Waals surface area contributed by atoms with Crippen LogP contribution < -0.4 is 11.1 Å². The van der Waals surface area contributed by atoms with Crippen LogP contribution in [0, 0.1) is 0 Å². The van der Waals surface area contributed by atoms with E-state index in [1.807, 2.05) is 0 Å². The summed E-state index contributed by atoms with van der Waals surface area (Å²) >= 11 is 5.45. The van der Waals surface area contributed by atoms with Gasteiger partial charge in [-0.25, -0.2) is 0 Å². The Morgan fingerprint density at radius 2 is 2.11 bits per heavy atom. The van der Waals surface area contributed by atoms with Crippen LogP contribution in [-0.4, -0.2) is 11.9 Å². The summed E-state index contributed by atoms with van der Waals surface area (Å²) in [4.78, 5) is 11.4. The highest BCUT2D eigenvalue weighted by atomic mass is 35.5. The molecule has 0 aliphatic carbocycles. The molecule has 0 aliphatic rings. The molecule has 1 aromatic carbocycles. The number of alkyl halides is 3. The number of nitrogens with one attached hydrogen (secondary N) is 1. The van der Waals surface area contributed by atoms with Crippen molar-refractivity contribution in [1.29, 1.82) is 0 Å². The number of amides is 1. The van der Waals surface area contributed by atoms with Gasteiger partial charge in [-0.3, -0.25) is 4.79 Å². The van der Waals surface area contributed by atoms with E-state index in [0.29, 0.717) is 6.42 Å². The van der Waals surface area contributed by atoms with Crippen molar-refractivity contribution < 1.29 is 18.0 Å². The first-order valence-electron chi connectivity index (χ1n) is 5.19. The summed E-state index contributed by atoms with van der Waals surface area (Å²) in [6.07, 6.45) is -4.17. The average molecular weight is 281 g/mol. The minimum atomic E-state index is -4.56. The van der Waals surface area contributed by atoms with Gasteiger partial charge in [-0.15, -0.1) is 0 Å². The molecule has 3 N–H and O–H groups in total. The minimum absolute atomic E-state index is 0.0145. The maximum atomic E-state index is 12.6. The number of hydrogen-bond donors (Lipinski definition) is 2. The number of carbonyl (C=O) groups excluding carboxylic acids is 1. The molecule has 1 unspecified atom stereocenters. The van der Waals surface area contributed by atoms with E-state index in [9.17, 15) is 18.0 Å². The predicted molar refractivity (Wildman–Crippen MR) is 63.4 cm³/mol. The second-order valence-electron chi connectivity index (χ2n) is 3.70. The molecule has 1 rings (SSSR count). The zero-order chi connectivity index (χ0) is 13.9. The van der Waals surface area contributed by atoms with E-state index in [0.717, 1.165) is 12.1 Å². The molecule has 0 saturated carbocycles. The Morgan fingerprint density at radius 1 is 1.50 bits per heavy atom. The Balaban J connectivity index is 2.96. The lowest BCUT2D eigenvalue weighted by Gasteiger charge is -2.13. The third-order valence-electron chi connectivity index (χ3n) is 2.32. The maximum absolute atomic E-state index is 12.6. The molecule has 7 heteroatoms. The first kappa shape index (κ1) is 14.8. The molecule has 0 heterocycles. The fourth-order valence-corrected chi connectivity index (χ4v) is 1.47. The summed E-state index contributed by atoms with van der Waals surface area (Å²) in [6.45, 7) is 1.70. The molecule has 0 spiro atoms. The van der Waals surface area contributed by atoms with Crippen molar-refractivity contribution in [2.24, 2.45) is 5.73 Å². The Hall–Kier alpha value is -1.27. The SMILES string of the molecule is CCC(N)C(=O)Nc1ccc(Cl)c(C(F)(F)F)c1. The molecule has 18 heavy (non-hydrogen) atoms. The van der Waals surface area contributed by atoms with Crippen molar-refractivity contribution in [3.8, 4) is 0 Å². The van der Waals surface area contributed by atoms with Crippen molar-refractivity contribution in [2.45, 2.75) is 25.6 Å². The summed E-state index contributed by atoms with van der Waals surface area (Å²) in [7, 11) is 0. The number of carbonyl (C=O) groups is 1. The van der Waals surface area contributed by atoms with Gasteiger partial charge in [0.2, 0.25) is 5.91 Å². The number of halogens is 4. The molecule has 0 aliphatic heterocycles. The van der Waals surface area contributed by atoms with Crippen LogP contribution in [0.5, 0.6) is 0 Å². The van der Waals surface area contributed by atoms with Crippen LogP contribution in [0.1, 0.15) is 18.9 Å². The van der Waals surface area contributed by atoms with Gasteiger partial charge in [0.25, 0.3) is 0 Å². The lowest BCUT2D eigenvalue weighted by Crippen LogP contribution is -2.34. The van der Waals surface area contributed by atoms with Gasteiger partial charge in [0, 0.05) is 5.69 Å². The second kappa shape index (κ2) is 5.58. The number of nitrogens with two attached hydrogens (primary N) is 1. The Kier molecular flexibility index (Phi) is 4.59. The standard InChI is InChI=1S/C11H12ClF3N2O/c1-2-9(16)10(18)17-6-3-4-8(12)7(5-6)11(13,14)15/h3-5,9H,2,16H2,1H3,(H,17,18). The van der Waals surface area contributed by atoms with Gasteiger partial charge in [0.1, 0.15) is 0 Å². The molecular formula is C11H12ClF3N2O. The lowest BCUT2D eigenvalue weighted by atomic mass is 10.1. The second-order valence-corrected chi connectivity index (χ2v) is 4.10. The lowest BCUT2D eigenvalue weighted by molar-refractivity contribution is -0.137. The van der Waals surface area contributed by atoms with E-state index in [1.54, 1.807) is 6.92 Å². The van der Waals surface area contributed by atoms with Crippen molar-refractivity contribution in [3.05, 3.63) is 28.8 Å². The molecular weight excluding hydrogens is 269 g/mol. The highest BCUT2D eigenvalue weighted by Crippen LogP contribution is 2.36. The zero-order valence-corrected chi connectivity index (χ0v) is 10.3. The summed E-state index contributed by atoms with van der Waals surface area (Å²) in [6, 6.07) is 2.40. The monoisotopic (exact) mass is 280 g/mol. The third-order valence-corrected chi connectivity index (χ3v) is 2.65. The molecule has 1 amide bonds.